The summed E-state index contributed by atoms with van der Waals surface area (Å²) >= 11 is 3.47. The monoisotopic (exact) mass is 363 g/mol. The average molecular weight is 365 g/mol. The highest BCUT2D eigenvalue weighted by Crippen LogP contribution is 2.41. The lowest BCUT2D eigenvalue weighted by molar-refractivity contribution is 0.0379. The van der Waals surface area contributed by atoms with Crippen molar-refractivity contribution in [2.45, 2.75) is 26.8 Å². The van der Waals surface area contributed by atoms with E-state index >= 15 is 0 Å². The smallest absolute Gasteiger partial charge is 0.407 e. The van der Waals surface area contributed by atoms with Crippen molar-refractivity contribution in [1.29, 1.82) is 0 Å². The molecule has 1 aliphatic rings. The Kier molecular flexibility index (Phi) is 5.71. The summed E-state index contributed by atoms with van der Waals surface area (Å²) in [6, 6.07) is 5.71. The second-order valence-corrected chi connectivity index (χ2v) is 6.17. The number of rotatable bonds is 3. The van der Waals surface area contributed by atoms with E-state index in [1.165, 1.54) is 0 Å². The summed E-state index contributed by atoms with van der Waals surface area (Å²) in [5.74, 6) is 0.797. The molecule has 1 aromatic rings. The number of amides is 1. The van der Waals surface area contributed by atoms with Crippen molar-refractivity contribution in [1.82, 2.24) is 5.32 Å². The third kappa shape index (κ3) is 3.58. The number of halogens is 2. The molecule has 2 rings (SSSR count). The van der Waals surface area contributed by atoms with E-state index in [0.717, 1.165) is 15.8 Å². The number of hydrogen-bond donors (Lipinski definition) is 1. The number of cyclic esters (lactones) is 1. The molecule has 1 saturated heterocycles. The molecule has 1 aliphatic heterocycles. The van der Waals surface area contributed by atoms with Crippen LogP contribution in [0.5, 0.6) is 5.75 Å². The Hall–Kier alpha value is -0.940. The van der Waals surface area contributed by atoms with E-state index in [4.69, 9.17) is 9.47 Å². The van der Waals surface area contributed by atoms with Gasteiger partial charge in [-0.3, -0.25) is 0 Å². The number of carbonyl (C=O) groups is 1. The number of ether oxygens (including phenoxy) is 2. The maximum Gasteiger partial charge on any atom is 0.407 e. The highest BCUT2D eigenvalue weighted by Gasteiger charge is 2.39. The molecule has 112 valence electrons. The molecule has 1 aromatic carbocycles. The Morgan fingerprint density at radius 1 is 1.50 bits per heavy atom. The van der Waals surface area contributed by atoms with Gasteiger partial charge in [0.15, 0.2) is 0 Å². The molecule has 1 N–H and O–H groups in total. The second kappa shape index (κ2) is 6.68. The molecular weight excluding hydrogens is 346 g/mol. The number of alkyl carbamates (subject to hydrolysis) is 1. The van der Waals surface area contributed by atoms with E-state index in [-0.39, 0.29) is 30.0 Å². The molecule has 1 atom stereocenters. The van der Waals surface area contributed by atoms with Gasteiger partial charge in [-0.15, -0.1) is 12.4 Å². The molecule has 0 unspecified atom stereocenters. The summed E-state index contributed by atoms with van der Waals surface area (Å²) in [5, 5.41) is 2.89. The standard InChI is InChI=1S/C14H18BrNO3.ClH/c1-4-18-11-6-5-9(15)7-10(11)12-14(2,3)8-19-13(17)16-12;/h5-7,12H,4,8H2,1-3H3,(H,16,17);1H/t12-;/m0./s1. The predicted octanol–water partition coefficient (Wildman–Crippen LogP) is 4.08. The third-order valence-corrected chi connectivity index (χ3v) is 3.69. The van der Waals surface area contributed by atoms with Crippen LogP contribution in [-0.4, -0.2) is 19.3 Å². The second-order valence-electron chi connectivity index (χ2n) is 5.26. The summed E-state index contributed by atoms with van der Waals surface area (Å²) in [5.41, 5.74) is 0.776. The van der Waals surface area contributed by atoms with E-state index in [0.29, 0.717) is 13.2 Å². The maximum atomic E-state index is 11.5. The van der Waals surface area contributed by atoms with Gasteiger partial charge >= 0.3 is 6.09 Å². The van der Waals surface area contributed by atoms with Gasteiger partial charge in [0.05, 0.1) is 12.6 Å². The SMILES string of the molecule is CCOc1ccc(Br)cc1[C@@H]1NC(=O)OCC1(C)C.Cl. The number of hydrogen-bond acceptors (Lipinski definition) is 3. The molecule has 0 bridgehead atoms. The minimum atomic E-state index is -0.383. The van der Waals surface area contributed by atoms with Gasteiger partial charge in [0.25, 0.3) is 0 Å². The Balaban J connectivity index is 0.00000200. The van der Waals surface area contributed by atoms with Gasteiger partial charge in [-0.25, -0.2) is 4.79 Å². The number of carbonyl (C=O) groups excluding carboxylic acids is 1. The van der Waals surface area contributed by atoms with Crippen LogP contribution >= 0.6 is 28.3 Å². The molecule has 20 heavy (non-hydrogen) atoms. The van der Waals surface area contributed by atoms with Crippen LogP contribution in [0.2, 0.25) is 0 Å². The van der Waals surface area contributed by atoms with Crippen LogP contribution in [0.4, 0.5) is 4.79 Å². The molecule has 6 heteroatoms. The first-order valence-electron chi connectivity index (χ1n) is 6.29. The van der Waals surface area contributed by atoms with Gasteiger partial charge in [-0.05, 0) is 25.1 Å². The summed E-state index contributed by atoms with van der Waals surface area (Å²) < 4.78 is 11.7. The van der Waals surface area contributed by atoms with Gasteiger partial charge in [0.2, 0.25) is 0 Å². The van der Waals surface area contributed by atoms with Crippen molar-refractivity contribution in [3.8, 4) is 5.75 Å². The highest BCUT2D eigenvalue weighted by molar-refractivity contribution is 9.10. The number of nitrogens with one attached hydrogen (secondary N) is 1. The van der Waals surface area contributed by atoms with Crippen LogP contribution in [0.1, 0.15) is 32.4 Å². The quantitative estimate of drug-likeness (QED) is 0.879. The summed E-state index contributed by atoms with van der Waals surface area (Å²) in [7, 11) is 0. The molecule has 1 fully saturated rings. The van der Waals surface area contributed by atoms with Crippen LogP contribution in [0.3, 0.4) is 0 Å². The largest absolute Gasteiger partial charge is 0.494 e. The lowest BCUT2D eigenvalue weighted by Crippen LogP contribution is -2.47. The Morgan fingerprint density at radius 2 is 2.20 bits per heavy atom. The van der Waals surface area contributed by atoms with Crippen molar-refractivity contribution in [2.24, 2.45) is 5.41 Å². The van der Waals surface area contributed by atoms with E-state index in [9.17, 15) is 4.79 Å². The fraction of sp³-hybridized carbons (Fsp3) is 0.500. The molecule has 0 radical (unpaired) electrons. The van der Waals surface area contributed by atoms with Crippen molar-refractivity contribution < 1.29 is 14.3 Å². The lowest BCUT2D eigenvalue weighted by atomic mass is 9.80. The van der Waals surface area contributed by atoms with Gasteiger partial charge in [0, 0.05) is 15.5 Å². The van der Waals surface area contributed by atoms with Gasteiger partial charge < -0.3 is 14.8 Å². The van der Waals surface area contributed by atoms with Crippen molar-refractivity contribution in [2.75, 3.05) is 13.2 Å². The first kappa shape index (κ1) is 17.1. The number of benzene rings is 1. The third-order valence-electron chi connectivity index (χ3n) is 3.20. The van der Waals surface area contributed by atoms with E-state index in [2.05, 4.69) is 35.1 Å². The topological polar surface area (TPSA) is 47.6 Å². The molecule has 0 saturated carbocycles. The molecule has 4 nitrogen and oxygen atoms in total. The Morgan fingerprint density at radius 3 is 2.85 bits per heavy atom. The fourth-order valence-electron chi connectivity index (χ4n) is 2.22. The van der Waals surface area contributed by atoms with Crippen LogP contribution < -0.4 is 10.1 Å². The minimum absolute atomic E-state index is 0. The van der Waals surface area contributed by atoms with Crippen molar-refractivity contribution >= 4 is 34.4 Å². The van der Waals surface area contributed by atoms with Gasteiger partial charge in [-0.1, -0.05) is 29.8 Å². The molecule has 0 spiro atoms. The summed E-state index contributed by atoms with van der Waals surface area (Å²) in [4.78, 5) is 11.5. The first-order valence-corrected chi connectivity index (χ1v) is 7.09. The zero-order chi connectivity index (χ0) is 14.0. The normalized spacial score (nSPS) is 20.4. The van der Waals surface area contributed by atoms with Crippen LogP contribution in [0, 0.1) is 5.41 Å². The molecule has 1 amide bonds. The maximum absolute atomic E-state index is 11.5. The molecule has 1 heterocycles. The van der Waals surface area contributed by atoms with E-state index < -0.39 is 0 Å². The van der Waals surface area contributed by atoms with Gasteiger partial charge in [0.1, 0.15) is 12.4 Å². The zero-order valence-electron chi connectivity index (χ0n) is 11.7. The minimum Gasteiger partial charge on any atom is -0.494 e. The van der Waals surface area contributed by atoms with E-state index in [1.54, 1.807) is 0 Å². The zero-order valence-corrected chi connectivity index (χ0v) is 14.1. The molecular formula is C14H19BrClNO3. The first-order chi connectivity index (χ1) is 8.94. The Bertz CT molecular complexity index is 493. The van der Waals surface area contributed by atoms with Gasteiger partial charge in [-0.2, -0.15) is 0 Å². The Labute approximate surface area is 133 Å². The van der Waals surface area contributed by atoms with E-state index in [1.807, 2.05) is 25.1 Å². The van der Waals surface area contributed by atoms with Crippen LogP contribution in [0.15, 0.2) is 22.7 Å². The molecule has 0 aliphatic carbocycles. The molecule has 0 aromatic heterocycles. The highest BCUT2D eigenvalue weighted by atomic mass is 79.9. The fourth-order valence-corrected chi connectivity index (χ4v) is 2.60. The predicted molar refractivity (Wildman–Crippen MR) is 83.6 cm³/mol. The summed E-state index contributed by atoms with van der Waals surface area (Å²) in [6.45, 7) is 7.05. The average Bonchev–Trinajstić information content (AvgIpc) is 2.35. The lowest BCUT2D eigenvalue weighted by Gasteiger charge is -2.39. The van der Waals surface area contributed by atoms with Crippen molar-refractivity contribution in [3.63, 3.8) is 0 Å². The summed E-state index contributed by atoms with van der Waals surface area (Å²) in [6.07, 6.45) is -0.383. The van der Waals surface area contributed by atoms with Crippen LogP contribution in [-0.2, 0) is 4.74 Å². The van der Waals surface area contributed by atoms with Crippen LogP contribution in [0.25, 0.3) is 0 Å². The van der Waals surface area contributed by atoms with Crippen molar-refractivity contribution in [3.05, 3.63) is 28.2 Å².